The quantitative estimate of drug-likeness (QED) is 0.569. The molecule has 1 aliphatic rings. The lowest BCUT2D eigenvalue weighted by molar-refractivity contribution is -0.140. The van der Waals surface area contributed by atoms with Crippen LogP contribution in [0.1, 0.15) is 29.3 Å². The zero-order valence-corrected chi connectivity index (χ0v) is 20.0. The highest BCUT2D eigenvalue weighted by Crippen LogP contribution is 2.31. The standard InChI is InChI=1S/C24H28F3N5O4/c1-16(33)31-10-8-18-17(14-31)5-3-7-20(18)29-13-22(34)32(12-11-30(2)23(35)36)15-21-19(24(25,26)27)6-4-9-28-21/h3-7,9,29H,8,10-15H2,1-2H3,(H,35,36). The molecule has 9 nitrogen and oxygen atoms in total. The molecule has 2 N–H and O–H groups in total. The van der Waals surface area contributed by atoms with Gasteiger partial charge in [0.2, 0.25) is 11.8 Å². The van der Waals surface area contributed by atoms with E-state index < -0.39 is 30.3 Å². The van der Waals surface area contributed by atoms with Gasteiger partial charge in [0, 0.05) is 52.0 Å². The molecule has 1 aromatic carbocycles. The van der Waals surface area contributed by atoms with Gasteiger partial charge in [0.25, 0.3) is 0 Å². The van der Waals surface area contributed by atoms with Crippen LogP contribution in [-0.2, 0) is 35.3 Å². The van der Waals surface area contributed by atoms with Crippen LogP contribution in [0, 0.1) is 0 Å². The number of nitrogens with zero attached hydrogens (tertiary/aromatic N) is 4. The number of aromatic nitrogens is 1. The number of carbonyl (C=O) groups is 3. The van der Waals surface area contributed by atoms with E-state index in [0.29, 0.717) is 25.2 Å². The van der Waals surface area contributed by atoms with Gasteiger partial charge >= 0.3 is 12.3 Å². The SMILES string of the molecule is CC(=O)N1CCc2c(cccc2NCC(=O)N(CCN(C)C(=O)O)Cc2ncccc2C(F)(F)F)C1. The maximum atomic E-state index is 13.5. The molecule has 1 aromatic heterocycles. The number of fused-ring (bicyclic) bond motifs is 1. The van der Waals surface area contributed by atoms with Crippen LogP contribution in [0.5, 0.6) is 0 Å². The number of carbonyl (C=O) groups excluding carboxylic acids is 2. The van der Waals surface area contributed by atoms with Gasteiger partial charge in [-0.2, -0.15) is 13.2 Å². The molecule has 0 spiro atoms. The lowest BCUT2D eigenvalue weighted by Gasteiger charge is -2.30. The van der Waals surface area contributed by atoms with Gasteiger partial charge in [-0.1, -0.05) is 12.1 Å². The van der Waals surface area contributed by atoms with Gasteiger partial charge in [0.15, 0.2) is 0 Å². The van der Waals surface area contributed by atoms with Crippen LogP contribution in [0.2, 0.25) is 0 Å². The van der Waals surface area contributed by atoms with Crippen LogP contribution in [0.15, 0.2) is 36.5 Å². The summed E-state index contributed by atoms with van der Waals surface area (Å²) in [5.41, 5.74) is 1.37. The van der Waals surface area contributed by atoms with Crippen LogP contribution >= 0.6 is 0 Å². The number of hydrogen-bond acceptors (Lipinski definition) is 5. The Morgan fingerprint density at radius 3 is 2.58 bits per heavy atom. The number of anilines is 1. The average molecular weight is 508 g/mol. The first kappa shape index (κ1) is 26.8. The molecule has 3 amide bonds. The Morgan fingerprint density at radius 1 is 1.17 bits per heavy atom. The molecule has 2 aromatic rings. The monoisotopic (exact) mass is 507 g/mol. The molecule has 36 heavy (non-hydrogen) atoms. The predicted molar refractivity (Wildman–Crippen MR) is 125 cm³/mol. The molecule has 0 saturated carbocycles. The van der Waals surface area contributed by atoms with E-state index in [1.54, 1.807) is 17.0 Å². The van der Waals surface area contributed by atoms with Crippen molar-refractivity contribution in [3.05, 3.63) is 58.9 Å². The maximum absolute atomic E-state index is 13.5. The second-order valence-electron chi connectivity index (χ2n) is 8.50. The molecule has 1 aliphatic heterocycles. The second-order valence-corrected chi connectivity index (χ2v) is 8.50. The van der Waals surface area contributed by atoms with Crippen LogP contribution < -0.4 is 5.32 Å². The Bertz CT molecular complexity index is 1130. The maximum Gasteiger partial charge on any atom is 0.418 e. The van der Waals surface area contributed by atoms with Gasteiger partial charge < -0.3 is 25.1 Å². The van der Waals surface area contributed by atoms with Crippen LogP contribution in [0.25, 0.3) is 0 Å². The van der Waals surface area contributed by atoms with E-state index >= 15 is 0 Å². The number of halogens is 3. The van der Waals surface area contributed by atoms with Gasteiger partial charge in [0.05, 0.1) is 24.3 Å². The minimum Gasteiger partial charge on any atom is -0.465 e. The van der Waals surface area contributed by atoms with Crippen molar-refractivity contribution in [2.24, 2.45) is 0 Å². The van der Waals surface area contributed by atoms with Crippen LogP contribution in [0.4, 0.5) is 23.7 Å². The number of likely N-dealkylation sites (N-methyl/N-ethyl adjacent to an activating group) is 1. The van der Waals surface area contributed by atoms with E-state index in [0.717, 1.165) is 27.0 Å². The smallest absolute Gasteiger partial charge is 0.418 e. The molecule has 0 bridgehead atoms. The number of carboxylic acid groups (broad SMARTS) is 1. The fourth-order valence-corrected chi connectivity index (χ4v) is 3.99. The minimum atomic E-state index is -4.65. The zero-order valence-electron chi connectivity index (χ0n) is 20.0. The summed E-state index contributed by atoms with van der Waals surface area (Å²) in [6.07, 6.45) is -4.05. The van der Waals surface area contributed by atoms with E-state index in [1.807, 2.05) is 6.07 Å². The molecule has 0 unspecified atom stereocenters. The first-order valence-corrected chi connectivity index (χ1v) is 11.3. The van der Waals surface area contributed by atoms with E-state index in [4.69, 9.17) is 5.11 Å². The van der Waals surface area contributed by atoms with Crippen molar-refractivity contribution in [2.45, 2.75) is 32.6 Å². The molecule has 0 radical (unpaired) electrons. The first-order chi connectivity index (χ1) is 17.0. The summed E-state index contributed by atoms with van der Waals surface area (Å²) < 4.78 is 40.4. The Labute approximate surface area is 206 Å². The lowest BCUT2D eigenvalue weighted by atomic mass is 9.97. The predicted octanol–water partition coefficient (Wildman–Crippen LogP) is 3.06. The topological polar surface area (TPSA) is 106 Å². The number of rotatable bonds is 8. The number of benzene rings is 1. The molecule has 0 atom stereocenters. The summed E-state index contributed by atoms with van der Waals surface area (Å²) in [4.78, 5) is 43.7. The van der Waals surface area contributed by atoms with E-state index in [1.165, 1.54) is 26.2 Å². The Morgan fingerprint density at radius 2 is 1.92 bits per heavy atom. The third kappa shape index (κ3) is 6.64. The van der Waals surface area contributed by atoms with Crippen molar-refractivity contribution < 1.29 is 32.7 Å². The second kappa shape index (κ2) is 11.3. The number of hydrogen-bond donors (Lipinski definition) is 2. The fourth-order valence-electron chi connectivity index (χ4n) is 3.99. The summed E-state index contributed by atoms with van der Waals surface area (Å²) in [7, 11) is 1.31. The minimum absolute atomic E-state index is 0.0242. The highest BCUT2D eigenvalue weighted by Gasteiger charge is 2.34. The third-order valence-electron chi connectivity index (χ3n) is 6.06. The van der Waals surface area contributed by atoms with Crippen molar-refractivity contribution in [1.82, 2.24) is 19.7 Å². The molecule has 0 saturated heterocycles. The van der Waals surface area contributed by atoms with Crippen LogP contribution in [0.3, 0.4) is 0 Å². The Hall–Kier alpha value is -3.83. The molecular weight excluding hydrogens is 479 g/mol. The molecule has 0 aliphatic carbocycles. The molecule has 3 rings (SSSR count). The highest BCUT2D eigenvalue weighted by atomic mass is 19.4. The molecule has 194 valence electrons. The molecule has 0 fully saturated rings. The average Bonchev–Trinajstić information content (AvgIpc) is 2.83. The molecule has 2 heterocycles. The van der Waals surface area contributed by atoms with Gasteiger partial charge in [-0.05, 0) is 35.7 Å². The number of alkyl halides is 3. The summed E-state index contributed by atoms with van der Waals surface area (Å²) >= 11 is 0. The largest absolute Gasteiger partial charge is 0.465 e. The van der Waals surface area contributed by atoms with Crippen molar-refractivity contribution >= 4 is 23.6 Å². The van der Waals surface area contributed by atoms with E-state index in [-0.39, 0.29) is 31.2 Å². The van der Waals surface area contributed by atoms with Crippen molar-refractivity contribution in [1.29, 1.82) is 0 Å². The van der Waals surface area contributed by atoms with E-state index in [9.17, 15) is 27.6 Å². The number of nitrogens with one attached hydrogen (secondary N) is 1. The Balaban J connectivity index is 1.77. The Kier molecular flexibility index (Phi) is 8.38. The first-order valence-electron chi connectivity index (χ1n) is 11.3. The number of pyridine rings is 1. The highest BCUT2D eigenvalue weighted by molar-refractivity contribution is 5.81. The summed E-state index contributed by atoms with van der Waals surface area (Å²) in [6.45, 7) is 1.68. The molecular formula is C24H28F3N5O4. The van der Waals surface area contributed by atoms with Gasteiger partial charge in [-0.3, -0.25) is 14.6 Å². The van der Waals surface area contributed by atoms with Crippen molar-refractivity contribution in [3.8, 4) is 0 Å². The van der Waals surface area contributed by atoms with Crippen molar-refractivity contribution in [2.75, 3.05) is 38.5 Å². The van der Waals surface area contributed by atoms with Gasteiger partial charge in [-0.15, -0.1) is 0 Å². The lowest BCUT2D eigenvalue weighted by Crippen LogP contribution is -2.41. The van der Waals surface area contributed by atoms with E-state index in [2.05, 4.69) is 10.3 Å². The van der Waals surface area contributed by atoms with Crippen molar-refractivity contribution in [3.63, 3.8) is 0 Å². The number of amides is 3. The fraction of sp³-hybridized carbons (Fsp3) is 0.417. The molecule has 12 heteroatoms. The summed E-state index contributed by atoms with van der Waals surface area (Å²) in [5.74, 6) is -0.532. The zero-order chi connectivity index (χ0) is 26.5. The summed E-state index contributed by atoms with van der Waals surface area (Å²) in [6, 6.07) is 7.58. The normalized spacial score (nSPS) is 13.1. The third-order valence-corrected chi connectivity index (χ3v) is 6.06. The summed E-state index contributed by atoms with van der Waals surface area (Å²) in [5, 5.41) is 12.2. The van der Waals surface area contributed by atoms with Crippen LogP contribution in [-0.4, -0.2) is 75.9 Å². The van der Waals surface area contributed by atoms with Gasteiger partial charge in [0.1, 0.15) is 0 Å². The van der Waals surface area contributed by atoms with Gasteiger partial charge in [-0.25, -0.2) is 4.79 Å².